The van der Waals surface area contributed by atoms with E-state index in [1.807, 2.05) is 0 Å². The molecule has 1 aromatic heterocycles. The van der Waals surface area contributed by atoms with Crippen LogP contribution < -0.4 is 15.0 Å². The van der Waals surface area contributed by atoms with Gasteiger partial charge in [-0.05, 0) is 18.2 Å². The number of esters is 1. The molecular formula is C18H12BrNO5. The highest BCUT2D eigenvalue weighted by atomic mass is 79.9. The van der Waals surface area contributed by atoms with E-state index >= 15 is 0 Å². The summed E-state index contributed by atoms with van der Waals surface area (Å²) in [6, 6.07) is 11.9. The summed E-state index contributed by atoms with van der Waals surface area (Å²) in [7, 11) is 0. The van der Waals surface area contributed by atoms with Crippen LogP contribution in [0.3, 0.4) is 0 Å². The highest BCUT2D eigenvalue weighted by Crippen LogP contribution is 2.37. The van der Waals surface area contributed by atoms with E-state index in [1.165, 1.54) is 6.07 Å². The molecule has 1 N–H and O–H groups in total. The zero-order valence-electron chi connectivity index (χ0n) is 12.9. The summed E-state index contributed by atoms with van der Waals surface area (Å²) in [5, 5.41) is 0.636. The number of carbonyl (C=O) groups excluding carboxylic acids is 1. The van der Waals surface area contributed by atoms with Crippen LogP contribution in [-0.2, 0) is 11.3 Å². The molecule has 2 aromatic carbocycles. The van der Waals surface area contributed by atoms with E-state index in [0.717, 1.165) is 10.0 Å². The van der Waals surface area contributed by atoms with Crippen molar-refractivity contribution in [2.75, 3.05) is 6.79 Å². The highest BCUT2D eigenvalue weighted by Gasteiger charge is 2.18. The van der Waals surface area contributed by atoms with Crippen LogP contribution in [0.25, 0.3) is 10.9 Å². The molecule has 0 unspecified atom stereocenters. The van der Waals surface area contributed by atoms with E-state index in [1.54, 1.807) is 36.4 Å². The second-order valence-corrected chi connectivity index (χ2v) is 6.32. The van der Waals surface area contributed by atoms with Crippen molar-refractivity contribution < 1.29 is 19.0 Å². The van der Waals surface area contributed by atoms with Crippen molar-refractivity contribution in [1.82, 2.24) is 4.98 Å². The van der Waals surface area contributed by atoms with Gasteiger partial charge in [0, 0.05) is 27.0 Å². The van der Waals surface area contributed by atoms with Gasteiger partial charge in [-0.3, -0.25) is 4.79 Å². The lowest BCUT2D eigenvalue weighted by Crippen LogP contribution is -2.13. The summed E-state index contributed by atoms with van der Waals surface area (Å²) in [6.45, 7) is 0.209. The quantitative estimate of drug-likeness (QED) is 0.680. The number of carbonyl (C=O) groups is 1. The van der Waals surface area contributed by atoms with E-state index in [-0.39, 0.29) is 24.5 Å². The molecule has 0 bridgehead atoms. The summed E-state index contributed by atoms with van der Waals surface area (Å²) < 4.78 is 16.8. The Labute approximate surface area is 150 Å². The Hall–Kier alpha value is -2.80. The number of ether oxygens (including phenoxy) is 3. The molecule has 3 aromatic rings. The molecule has 0 saturated carbocycles. The SMILES string of the molecule is O=C(OCc1cc2c(cc1Br)OCO2)c1cc(=O)[nH]c2ccccc12. The van der Waals surface area contributed by atoms with Crippen molar-refractivity contribution in [3.8, 4) is 11.5 Å². The molecule has 7 heteroatoms. The smallest absolute Gasteiger partial charge is 0.339 e. The van der Waals surface area contributed by atoms with E-state index in [0.29, 0.717) is 22.4 Å². The van der Waals surface area contributed by atoms with Gasteiger partial charge in [-0.1, -0.05) is 34.1 Å². The Balaban J connectivity index is 1.60. The largest absolute Gasteiger partial charge is 0.457 e. The van der Waals surface area contributed by atoms with Crippen LogP contribution in [0.5, 0.6) is 11.5 Å². The lowest BCUT2D eigenvalue weighted by Gasteiger charge is -2.09. The Morgan fingerprint density at radius 2 is 1.92 bits per heavy atom. The van der Waals surface area contributed by atoms with Crippen LogP contribution in [0.15, 0.2) is 51.7 Å². The molecule has 25 heavy (non-hydrogen) atoms. The third-order valence-corrected chi connectivity index (χ3v) is 4.61. The maximum Gasteiger partial charge on any atom is 0.339 e. The molecule has 2 heterocycles. The van der Waals surface area contributed by atoms with Crippen molar-refractivity contribution in [2.24, 2.45) is 0 Å². The maximum absolute atomic E-state index is 12.5. The van der Waals surface area contributed by atoms with E-state index in [2.05, 4.69) is 20.9 Å². The molecule has 0 atom stereocenters. The summed E-state index contributed by atoms with van der Waals surface area (Å²) in [6.07, 6.45) is 0. The van der Waals surface area contributed by atoms with Crippen LogP contribution in [0.4, 0.5) is 0 Å². The second-order valence-electron chi connectivity index (χ2n) is 5.47. The van der Waals surface area contributed by atoms with E-state index in [4.69, 9.17) is 14.2 Å². The number of halogens is 1. The number of benzene rings is 2. The molecule has 6 nitrogen and oxygen atoms in total. The van der Waals surface area contributed by atoms with Gasteiger partial charge in [-0.2, -0.15) is 0 Å². The fourth-order valence-electron chi connectivity index (χ4n) is 2.66. The number of hydrogen-bond donors (Lipinski definition) is 1. The number of rotatable bonds is 3. The monoisotopic (exact) mass is 401 g/mol. The number of fused-ring (bicyclic) bond motifs is 2. The minimum atomic E-state index is -0.563. The van der Waals surface area contributed by atoms with Gasteiger partial charge in [0.05, 0.1) is 5.56 Å². The van der Waals surface area contributed by atoms with Crippen LogP contribution in [-0.4, -0.2) is 17.7 Å². The molecule has 0 aliphatic carbocycles. The average Bonchev–Trinajstić information content (AvgIpc) is 3.05. The van der Waals surface area contributed by atoms with Crippen molar-refractivity contribution >= 4 is 32.8 Å². The average molecular weight is 402 g/mol. The van der Waals surface area contributed by atoms with Gasteiger partial charge in [0.1, 0.15) is 6.61 Å². The van der Waals surface area contributed by atoms with Crippen LogP contribution in [0.1, 0.15) is 15.9 Å². The molecule has 126 valence electrons. The molecule has 0 spiro atoms. The lowest BCUT2D eigenvalue weighted by molar-refractivity contribution is 0.0474. The number of aromatic amines is 1. The predicted molar refractivity (Wildman–Crippen MR) is 94.0 cm³/mol. The number of nitrogens with one attached hydrogen (secondary N) is 1. The summed E-state index contributed by atoms with van der Waals surface area (Å²) in [5.74, 6) is 0.685. The minimum Gasteiger partial charge on any atom is -0.457 e. The van der Waals surface area contributed by atoms with Gasteiger partial charge >= 0.3 is 5.97 Å². The van der Waals surface area contributed by atoms with Gasteiger partial charge in [-0.25, -0.2) is 4.79 Å². The van der Waals surface area contributed by atoms with Gasteiger partial charge in [0.25, 0.3) is 0 Å². The number of aromatic nitrogens is 1. The van der Waals surface area contributed by atoms with Gasteiger partial charge in [0.15, 0.2) is 11.5 Å². The van der Waals surface area contributed by atoms with Gasteiger partial charge in [-0.15, -0.1) is 0 Å². The van der Waals surface area contributed by atoms with E-state index < -0.39 is 5.97 Å². The van der Waals surface area contributed by atoms with Crippen molar-refractivity contribution in [2.45, 2.75) is 6.61 Å². The molecule has 4 rings (SSSR count). The highest BCUT2D eigenvalue weighted by molar-refractivity contribution is 9.10. The maximum atomic E-state index is 12.5. The molecular weight excluding hydrogens is 390 g/mol. The molecule has 0 fully saturated rings. The number of H-pyrrole nitrogens is 1. The molecule has 0 amide bonds. The third kappa shape index (κ3) is 2.98. The molecule has 1 aliphatic heterocycles. The standard InChI is InChI=1S/C18H12BrNO5/c19-13-7-16-15(24-9-25-16)5-10(13)8-23-18(22)12-6-17(21)20-14-4-2-1-3-11(12)14/h1-7H,8-9H2,(H,20,21). The van der Waals surface area contributed by atoms with Crippen molar-refractivity contribution in [1.29, 1.82) is 0 Å². The zero-order valence-corrected chi connectivity index (χ0v) is 14.5. The van der Waals surface area contributed by atoms with Gasteiger partial charge < -0.3 is 19.2 Å². The molecule has 0 saturated heterocycles. The number of pyridine rings is 1. The first-order valence-electron chi connectivity index (χ1n) is 7.49. The Bertz CT molecular complexity index is 1040. The first kappa shape index (κ1) is 15.7. The third-order valence-electron chi connectivity index (χ3n) is 3.87. The van der Waals surface area contributed by atoms with Crippen LogP contribution in [0, 0.1) is 0 Å². The zero-order chi connectivity index (χ0) is 17.4. The van der Waals surface area contributed by atoms with Gasteiger partial charge in [0.2, 0.25) is 12.4 Å². The first-order valence-corrected chi connectivity index (χ1v) is 8.28. The summed E-state index contributed by atoms with van der Waals surface area (Å²) in [5.41, 5.74) is 1.21. The fraction of sp³-hybridized carbons (Fsp3) is 0.111. The van der Waals surface area contributed by atoms with Crippen molar-refractivity contribution in [3.05, 3.63) is 68.4 Å². The van der Waals surface area contributed by atoms with Crippen molar-refractivity contribution in [3.63, 3.8) is 0 Å². The summed E-state index contributed by atoms with van der Waals surface area (Å²) in [4.78, 5) is 26.9. The first-order chi connectivity index (χ1) is 12.1. The fourth-order valence-corrected chi connectivity index (χ4v) is 3.10. The normalized spacial score (nSPS) is 12.4. The number of hydrogen-bond acceptors (Lipinski definition) is 5. The second kappa shape index (κ2) is 6.25. The topological polar surface area (TPSA) is 77.6 Å². The minimum absolute atomic E-state index is 0.0389. The van der Waals surface area contributed by atoms with Crippen LogP contribution >= 0.6 is 15.9 Å². The Kier molecular flexibility index (Phi) is 3.93. The predicted octanol–water partition coefficient (Wildman–Crippen LogP) is 3.38. The Morgan fingerprint density at radius 1 is 1.16 bits per heavy atom. The van der Waals surface area contributed by atoms with E-state index in [9.17, 15) is 9.59 Å². The molecule has 0 radical (unpaired) electrons. The Morgan fingerprint density at radius 3 is 2.76 bits per heavy atom. The van der Waals surface area contributed by atoms with Crippen LogP contribution in [0.2, 0.25) is 0 Å². The summed E-state index contributed by atoms with van der Waals surface area (Å²) >= 11 is 3.43. The lowest BCUT2D eigenvalue weighted by atomic mass is 10.1. The molecule has 1 aliphatic rings. The number of para-hydroxylation sites is 1.